The number of ether oxygens (including phenoxy) is 1. The van der Waals surface area contributed by atoms with Gasteiger partial charge in [0.25, 0.3) is 5.91 Å². The summed E-state index contributed by atoms with van der Waals surface area (Å²) in [6.45, 7) is 3.02. The summed E-state index contributed by atoms with van der Waals surface area (Å²) in [4.78, 5) is 30.2. The fourth-order valence-corrected chi connectivity index (χ4v) is 4.07. The number of piperazine rings is 1. The molecule has 28 heavy (non-hydrogen) atoms. The molecule has 2 aliphatic rings. The van der Waals surface area contributed by atoms with Crippen molar-refractivity contribution < 1.29 is 23.6 Å². The molecule has 0 radical (unpaired) electrons. The first-order valence-electron chi connectivity index (χ1n) is 9.43. The number of rotatable bonds is 4. The molecule has 2 aromatic carbocycles. The Morgan fingerprint density at radius 2 is 1.71 bits per heavy atom. The summed E-state index contributed by atoms with van der Waals surface area (Å²) in [5, 5.41) is 0. The topological polar surface area (TPSA) is 54.3 Å². The Bertz CT molecular complexity index is 879. The van der Waals surface area contributed by atoms with Crippen LogP contribution in [0.5, 0.6) is 5.75 Å². The first-order valence-corrected chi connectivity index (χ1v) is 9.43. The standard InChI is InChI=1S/C21H22FN3O3/c1-28-19-5-3-2-4-17(19)25-20(26)14-18(21(25)27)24-12-10-23(11-13-24)16-8-6-15(22)7-9-16/h2-9,18H,10-14H2,1H3/p+1. The molecule has 1 atom stereocenters. The van der Waals surface area contributed by atoms with Crippen LogP contribution in [0.15, 0.2) is 48.5 Å². The number of para-hydroxylation sites is 2. The third-order valence-electron chi connectivity index (χ3n) is 5.56. The molecule has 2 aliphatic heterocycles. The minimum Gasteiger partial charge on any atom is -0.495 e. The van der Waals surface area contributed by atoms with E-state index in [1.165, 1.54) is 24.1 Å². The number of nitrogens with one attached hydrogen (secondary N) is 1. The van der Waals surface area contributed by atoms with Crippen molar-refractivity contribution in [3.05, 3.63) is 54.3 Å². The Morgan fingerprint density at radius 1 is 1.04 bits per heavy atom. The number of methoxy groups -OCH3 is 1. The van der Waals surface area contributed by atoms with E-state index in [0.29, 0.717) is 11.4 Å². The average Bonchev–Trinajstić information content (AvgIpc) is 3.02. The molecule has 146 valence electrons. The fraction of sp³-hybridized carbons (Fsp3) is 0.333. The molecule has 0 saturated carbocycles. The van der Waals surface area contributed by atoms with Gasteiger partial charge in [-0.2, -0.15) is 0 Å². The summed E-state index contributed by atoms with van der Waals surface area (Å²) in [6.07, 6.45) is 0.211. The number of hydrogen-bond donors (Lipinski definition) is 1. The maximum Gasteiger partial charge on any atom is 0.292 e. The maximum absolute atomic E-state index is 13.1. The van der Waals surface area contributed by atoms with Gasteiger partial charge in [-0.1, -0.05) is 12.1 Å². The van der Waals surface area contributed by atoms with Gasteiger partial charge >= 0.3 is 0 Å². The van der Waals surface area contributed by atoms with Crippen LogP contribution in [-0.4, -0.2) is 51.1 Å². The first kappa shape index (κ1) is 18.4. The normalized spacial score (nSPS) is 20.7. The summed E-state index contributed by atoms with van der Waals surface area (Å²) >= 11 is 0. The summed E-state index contributed by atoms with van der Waals surface area (Å²) in [5.41, 5.74) is 1.48. The zero-order valence-corrected chi connectivity index (χ0v) is 15.7. The van der Waals surface area contributed by atoms with Crippen molar-refractivity contribution in [3.63, 3.8) is 0 Å². The number of amides is 2. The molecular weight excluding hydrogens is 361 g/mol. The van der Waals surface area contributed by atoms with E-state index in [1.807, 2.05) is 6.07 Å². The number of nitrogens with zero attached hydrogens (tertiary/aromatic N) is 2. The molecule has 0 aromatic heterocycles. The third-order valence-corrected chi connectivity index (χ3v) is 5.56. The van der Waals surface area contributed by atoms with Crippen molar-refractivity contribution in [3.8, 4) is 5.75 Å². The molecule has 2 heterocycles. The van der Waals surface area contributed by atoms with Crippen LogP contribution in [0.1, 0.15) is 6.42 Å². The molecule has 2 aromatic rings. The Balaban J connectivity index is 1.45. The largest absolute Gasteiger partial charge is 0.495 e. The van der Waals surface area contributed by atoms with Crippen molar-refractivity contribution >= 4 is 23.2 Å². The van der Waals surface area contributed by atoms with Gasteiger partial charge < -0.3 is 14.5 Å². The van der Waals surface area contributed by atoms with Gasteiger partial charge in [0.15, 0.2) is 6.04 Å². The molecule has 6 nitrogen and oxygen atoms in total. The highest BCUT2D eigenvalue weighted by atomic mass is 19.1. The number of anilines is 2. The molecule has 2 fully saturated rings. The number of quaternary nitrogens is 1. The average molecular weight is 384 g/mol. The van der Waals surface area contributed by atoms with Crippen LogP contribution in [0.2, 0.25) is 0 Å². The van der Waals surface area contributed by atoms with Gasteiger partial charge in [0.05, 0.1) is 45.4 Å². The van der Waals surface area contributed by atoms with E-state index in [0.717, 1.165) is 36.8 Å². The molecule has 0 aliphatic carbocycles. The summed E-state index contributed by atoms with van der Waals surface area (Å²) in [6, 6.07) is 13.2. The van der Waals surface area contributed by atoms with Crippen LogP contribution in [0.4, 0.5) is 15.8 Å². The van der Waals surface area contributed by atoms with Crippen molar-refractivity contribution in [1.82, 2.24) is 0 Å². The zero-order valence-electron chi connectivity index (χ0n) is 15.7. The lowest BCUT2D eigenvalue weighted by molar-refractivity contribution is -0.915. The highest BCUT2D eigenvalue weighted by Gasteiger charge is 2.47. The lowest BCUT2D eigenvalue weighted by atomic mass is 10.1. The van der Waals surface area contributed by atoms with E-state index in [2.05, 4.69) is 4.90 Å². The Kier molecular flexibility index (Phi) is 5.00. The Hall–Kier alpha value is -2.93. The number of carbonyl (C=O) groups excluding carboxylic acids is 2. The van der Waals surface area contributed by atoms with E-state index in [4.69, 9.17) is 4.74 Å². The van der Waals surface area contributed by atoms with Crippen molar-refractivity contribution in [1.29, 1.82) is 0 Å². The summed E-state index contributed by atoms with van der Waals surface area (Å²) < 4.78 is 18.4. The number of carbonyl (C=O) groups is 2. The summed E-state index contributed by atoms with van der Waals surface area (Å²) in [7, 11) is 1.53. The number of halogens is 1. The zero-order chi connectivity index (χ0) is 19.7. The SMILES string of the molecule is COc1ccccc1N1C(=O)CC([NH+]2CCN(c3ccc(F)cc3)CC2)C1=O. The monoisotopic (exact) mass is 384 g/mol. The van der Waals surface area contributed by atoms with Gasteiger partial charge in [0.2, 0.25) is 5.91 Å². The maximum atomic E-state index is 13.1. The van der Waals surface area contributed by atoms with Gasteiger partial charge in [0.1, 0.15) is 11.6 Å². The molecular formula is C21H23FN3O3+. The number of benzene rings is 2. The lowest BCUT2D eigenvalue weighted by Gasteiger charge is -2.35. The van der Waals surface area contributed by atoms with E-state index in [9.17, 15) is 14.0 Å². The quantitative estimate of drug-likeness (QED) is 0.795. The number of hydrogen-bond acceptors (Lipinski definition) is 4. The van der Waals surface area contributed by atoms with Gasteiger partial charge in [0, 0.05) is 5.69 Å². The van der Waals surface area contributed by atoms with Gasteiger partial charge in [-0.15, -0.1) is 0 Å². The lowest BCUT2D eigenvalue weighted by Crippen LogP contribution is -3.19. The van der Waals surface area contributed by atoms with E-state index >= 15 is 0 Å². The minimum atomic E-state index is -0.368. The Morgan fingerprint density at radius 3 is 2.39 bits per heavy atom. The van der Waals surface area contributed by atoms with Crippen molar-refractivity contribution in [2.24, 2.45) is 0 Å². The van der Waals surface area contributed by atoms with Crippen LogP contribution < -0.4 is 19.4 Å². The second kappa shape index (κ2) is 7.59. The molecule has 1 unspecified atom stereocenters. The van der Waals surface area contributed by atoms with Crippen LogP contribution in [0.25, 0.3) is 0 Å². The predicted molar refractivity (Wildman–Crippen MR) is 103 cm³/mol. The van der Waals surface area contributed by atoms with E-state index < -0.39 is 0 Å². The highest BCUT2D eigenvalue weighted by Crippen LogP contribution is 2.31. The van der Waals surface area contributed by atoms with Crippen molar-refractivity contribution in [2.75, 3.05) is 43.1 Å². The second-order valence-corrected chi connectivity index (χ2v) is 7.12. The van der Waals surface area contributed by atoms with Crippen LogP contribution in [-0.2, 0) is 9.59 Å². The van der Waals surface area contributed by atoms with E-state index in [-0.39, 0.29) is 30.1 Å². The van der Waals surface area contributed by atoms with Gasteiger partial charge in [-0.25, -0.2) is 9.29 Å². The molecule has 4 rings (SSSR count). The molecule has 2 saturated heterocycles. The summed E-state index contributed by atoms with van der Waals surface area (Å²) in [5.74, 6) is -0.0896. The van der Waals surface area contributed by atoms with Crippen molar-refractivity contribution in [2.45, 2.75) is 12.5 Å². The minimum absolute atomic E-state index is 0.167. The van der Waals surface area contributed by atoms with Gasteiger partial charge in [-0.3, -0.25) is 9.59 Å². The Labute approximate surface area is 163 Å². The molecule has 0 spiro atoms. The molecule has 7 heteroatoms. The third kappa shape index (κ3) is 3.33. The molecule has 1 N–H and O–H groups in total. The predicted octanol–water partition coefficient (Wildman–Crippen LogP) is 0.871. The van der Waals surface area contributed by atoms with Crippen LogP contribution in [0, 0.1) is 5.82 Å². The van der Waals surface area contributed by atoms with Crippen LogP contribution in [0.3, 0.4) is 0 Å². The smallest absolute Gasteiger partial charge is 0.292 e. The van der Waals surface area contributed by atoms with E-state index in [1.54, 1.807) is 30.3 Å². The molecule has 0 bridgehead atoms. The second-order valence-electron chi connectivity index (χ2n) is 7.12. The number of imide groups is 1. The fourth-order valence-electron chi connectivity index (χ4n) is 4.07. The van der Waals surface area contributed by atoms with Gasteiger partial charge in [-0.05, 0) is 36.4 Å². The first-order chi connectivity index (χ1) is 13.6. The highest BCUT2D eigenvalue weighted by molar-refractivity contribution is 6.22. The van der Waals surface area contributed by atoms with Crippen LogP contribution >= 0.6 is 0 Å². The molecule has 2 amide bonds.